The Balaban J connectivity index is 1.72. The smallest absolute Gasteiger partial charge is 0.182 e. The van der Waals surface area contributed by atoms with Gasteiger partial charge in [0.2, 0.25) is 0 Å². The molecule has 0 N–H and O–H groups in total. The van der Waals surface area contributed by atoms with Gasteiger partial charge in [0, 0.05) is 30.8 Å². The van der Waals surface area contributed by atoms with Crippen molar-refractivity contribution < 1.29 is 9.59 Å². The SMILES string of the molecule is CC(=O)c1cc(C)cc2c1CN(N1CCC(C)(C)CC1)C(C1CC1)C2=O. The highest BCUT2D eigenvalue weighted by Crippen LogP contribution is 2.42. The zero-order valence-corrected chi connectivity index (χ0v) is 16.5. The van der Waals surface area contributed by atoms with Gasteiger partial charge in [0.25, 0.3) is 0 Å². The lowest BCUT2D eigenvalue weighted by Gasteiger charge is -2.47. The van der Waals surface area contributed by atoms with Gasteiger partial charge in [-0.05, 0) is 74.1 Å². The molecule has 2 aliphatic heterocycles. The number of hydrazine groups is 1. The van der Waals surface area contributed by atoms with Gasteiger partial charge >= 0.3 is 0 Å². The fraction of sp³-hybridized carbons (Fsp3) is 0.636. The Labute approximate surface area is 156 Å². The molecule has 1 saturated carbocycles. The van der Waals surface area contributed by atoms with Crippen molar-refractivity contribution in [3.05, 3.63) is 34.4 Å². The maximum absolute atomic E-state index is 13.4. The van der Waals surface area contributed by atoms with E-state index in [-0.39, 0.29) is 17.6 Å². The summed E-state index contributed by atoms with van der Waals surface area (Å²) in [4.78, 5) is 25.7. The van der Waals surface area contributed by atoms with E-state index in [1.807, 2.05) is 19.1 Å². The van der Waals surface area contributed by atoms with Gasteiger partial charge in [-0.3, -0.25) is 9.59 Å². The molecular formula is C22H30N2O2. The van der Waals surface area contributed by atoms with Crippen LogP contribution < -0.4 is 0 Å². The molecule has 0 radical (unpaired) electrons. The molecule has 4 heteroatoms. The van der Waals surface area contributed by atoms with Gasteiger partial charge in [0.15, 0.2) is 11.6 Å². The summed E-state index contributed by atoms with van der Waals surface area (Å²) in [6.07, 6.45) is 4.59. The number of fused-ring (bicyclic) bond motifs is 1. The van der Waals surface area contributed by atoms with Crippen LogP contribution in [-0.4, -0.2) is 40.7 Å². The second-order valence-electron chi connectivity index (χ2n) is 9.26. The highest BCUT2D eigenvalue weighted by atomic mass is 16.1. The summed E-state index contributed by atoms with van der Waals surface area (Å²) in [7, 11) is 0. The van der Waals surface area contributed by atoms with Gasteiger partial charge in [0.1, 0.15) is 0 Å². The molecule has 1 aromatic rings. The van der Waals surface area contributed by atoms with Crippen molar-refractivity contribution in [3.63, 3.8) is 0 Å². The van der Waals surface area contributed by atoms with E-state index in [9.17, 15) is 9.59 Å². The third-order valence-electron chi connectivity index (χ3n) is 6.47. The summed E-state index contributed by atoms with van der Waals surface area (Å²) in [6, 6.07) is 3.91. The minimum Gasteiger partial charge on any atom is -0.294 e. The molecule has 0 amide bonds. The van der Waals surface area contributed by atoms with Crippen molar-refractivity contribution in [2.24, 2.45) is 11.3 Å². The van der Waals surface area contributed by atoms with Crippen LogP contribution in [0.25, 0.3) is 0 Å². The van der Waals surface area contributed by atoms with Crippen LogP contribution in [0.4, 0.5) is 0 Å². The van der Waals surface area contributed by atoms with Crippen LogP contribution in [0.1, 0.15) is 78.3 Å². The lowest BCUT2D eigenvalue weighted by atomic mass is 9.82. The van der Waals surface area contributed by atoms with Crippen molar-refractivity contribution in [3.8, 4) is 0 Å². The summed E-state index contributed by atoms with van der Waals surface area (Å²) in [6.45, 7) is 10.9. The van der Waals surface area contributed by atoms with Crippen LogP contribution in [0.3, 0.4) is 0 Å². The Morgan fingerprint density at radius 2 is 1.81 bits per heavy atom. The Hall–Kier alpha value is -1.52. The number of rotatable bonds is 3. The molecule has 0 bridgehead atoms. The van der Waals surface area contributed by atoms with Crippen molar-refractivity contribution >= 4 is 11.6 Å². The van der Waals surface area contributed by atoms with E-state index in [1.54, 1.807) is 6.92 Å². The molecule has 1 unspecified atom stereocenters. The van der Waals surface area contributed by atoms with E-state index in [1.165, 1.54) is 0 Å². The van der Waals surface area contributed by atoms with E-state index in [0.717, 1.165) is 61.0 Å². The monoisotopic (exact) mass is 354 g/mol. The van der Waals surface area contributed by atoms with Crippen LogP contribution in [0.2, 0.25) is 0 Å². The van der Waals surface area contributed by atoms with Crippen LogP contribution in [0, 0.1) is 18.3 Å². The van der Waals surface area contributed by atoms with Gasteiger partial charge in [-0.15, -0.1) is 0 Å². The summed E-state index contributed by atoms with van der Waals surface area (Å²) >= 11 is 0. The van der Waals surface area contributed by atoms with Gasteiger partial charge in [0.05, 0.1) is 6.04 Å². The summed E-state index contributed by atoms with van der Waals surface area (Å²) < 4.78 is 0. The number of carbonyl (C=O) groups is 2. The third kappa shape index (κ3) is 3.14. The van der Waals surface area contributed by atoms with Crippen molar-refractivity contribution in [1.82, 2.24) is 10.0 Å². The van der Waals surface area contributed by atoms with Crippen LogP contribution in [0.15, 0.2) is 12.1 Å². The van der Waals surface area contributed by atoms with Gasteiger partial charge in [-0.1, -0.05) is 13.8 Å². The number of aryl methyl sites for hydroxylation is 1. The van der Waals surface area contributed by atoms with Gasteiger partial charge in [-0.25, -0.2) is 10.0 Å². The average molecular weight is 354 g/mol. The van der Waals surface area contributed by atoms with E-state index >= 15 is 0 Å². The quantitative estimate of drug-likeness (QED) is 0.769. The topological polar surface area (TPSA) is 40.6 Å². The number of nitrogens with zero attached hydrogens (tertiary/aromatic N) is 2. The molecule has 1 atom stereocenters. The molecular weight excluding hydrogens is 324 g/mol. The molecule has 140 valence electrons. The highest BCUT2D eigenvalue weighted by Gasteiger charge is 2.47. The number of hydrogen-bond acceptors (Lipinski definition) is 4. The molecule has 1 aromatic carbocycles. The minimum absolute atomic E-state index is 0.0367. The lowest BCUT2D eigenvalue weighted by molar-refractivity contribution is -0.0955. The minimum atomic E-state index is -0.0367. The average Bonchev–Trinajstić information content (AvgIpc) is 3.39. The number of ketones is 2. The van der Waals surface area contributed by atoms with E-state index < -0.39 is 0 Å². The van der Waals surface area contributed by atoms with Gasteiger partial charge in [-0.2, -0.15) is 0 Å². The first kappa shape index (κ1) is 17.9. The molecule has 2 fully saturated rings. The maximum atomic E-state index is 13.4. The van der Waals surface area contributed by atoms with E-state index in [4.69, 9.17) is 0 Å². The normalized spacial score (nSPS) is 26.6. The van der Waals surface area contributed by atoms with E-state index in [0.29, 0.717) is 17.9 Å². The van der Waals surface area contributed by atoms with Crippen LogP contribution in [-0.2, 0) is 6.54 Å². The van der Waals surface area contributed by atoms with Crippen LogP contribution in [0.5, 0.6) is 0 Å². The van der Waals surface area contributed by atoms with Crippen molar-refractivity contribution in [2.75, 3.05) is 13.1 Å². The van der Waals surface area contributed by atoms with Gasteiger partial charge < -0.3 is 0 Å². The second kappa shape index (κ2) is 6.28. The third-order valence-corrected chi connectivity index (χ3v) is 6.47. The standard InChI is InChI=1S/C22H30N2O2/c1-14-11-17(15(2)25)19-13-24(23-9-7-22(3,4)8-10-23)20(16-5-6-16)21(26)18(19)12-14/h11-12,16,20H,5-10,13H2,1-4H3. The molecule has 0 spiro atoms. The molecule has 4 rings (SSSR count). The number of piperidine rings is 1. The first-order valence-corrected chi connectivity index (χ1v) is 9.97. The number of benzene rings is 1. The Kier molecular flexibility index (Phi) is 4.31. The van der Waals surface area contributed by atoms with Crippen molar-refractivity contribution in [1.29, 1.82) is 0 Å². The fourth-order valence-corrected chi connectivity index (χ4v) is 4.58. The van der Waals surface area contributed by atoms with E-state index in [2.05, 4.69) is 23.9 Å². The summed E-state index contributed by atoms with van der Waals surface area (Å²) in [5, 5.41) is 4.72. The molecule has 0 aromatic heterocycles. The first-order valence-electron chi connectivity index (χ1n) is 9.97. The second-order valence-corrected chi connectivity index (χ2v) is 9.26. The Bertz CT molecular complexity index is 754. The maximum Gasteiger partial charge on any atom is 0.182 e. The molecule has 26 heavy (non-hydrogen) atoms. The first-order chi connectivity index (χ1) is 12.3. The lowest BCUT2D eigenvalue weighted by Crippen LogP contribution is -2.57. The number of carbonyl (C=O) groups excluding carboxylic acids is 2. The van der Waals surface area contributed by atoms with Crippen LogP contribution >= 0.6 is 0 Å². The number of hydrogen-bond donors (Lipinski definition) is 0. The zero-order chi connectivity index (χ0) is 18.6. The predicted octanol–water partition coefficient (Wildman–Crippen LogP) is 4.01. The molecule has 1 saturated heterocycles. The number of Topliss-reactive ketones (excluding diaryl/α,β-unsaturated/α-hetero) is 2. The molecule has 4 nitrogen and oxygen atoms in total. The van der Waals surface area contributed by atoms with Crippen molar-refractivity contribution in [2.45, 2.75) is 66.0 Å². The summed E-state index contributed by atoms with van der Waals surface area (Å²) in [5.74, 6) is 0.763. The zero-order valence-electron chi connectivity index (χ0n) is 16.5. The predicted molar refractivity (Wildman–Crippen MR) is 102 cm³/mol. The molecule has 2 heterocycles. The largest absolute Gasteiger partial charge is 0.294 e. The Morgan fingerprint density at radius 1 is 1.15 bits per heavy atom. The molecule has 1 aliphatic carbocycles. The fourth-order valence-electron chi connectivity index (χ4n) is 4.58. The summed E-state index contributed by atoms with van der Waals surface area (Å²) in [5.41, 5.74) is 3.84. The highest BCUT2D eigenvalue weighted by molar-refractivity contribution is 6.06. The molecule has 3 aliphatic rings. The Morgan fingerprint density at radius 3 is 2.38 bits per heavy atom.